The van der Waals surface area contributed by atoms with Crippen LogP contribution < -0.4 is 21.7 Å². The summed E-state index contributed by atoms with van der Waals surface area (Å²) in [6, 6.07) is 17.6. The Morgan fingerprint density at radius 2 is 1.63 bits per heavy atom. The third-order valence-corrected chi connectivity index (χ3v) is 9.67. The number of rotatable bonds is 12. The molecule has 1 aromatic heterocycles. The molecule has 11 heteroatoms. The minimum atomic E-state index is -1.30. The zero-order valence-corrected chi connectivity index (χ0v) is 28.7. The Balaban J connectivity index is 1.35. The van der Waals surface area contributed by atoms with Crippen molar-refractivity contribution >= 4 is 34.5 Å². The van der Waals surface area contributed by atoms with Crippen LogP contribution in [0.5, 0.6) is 0 Å². The molecule has 1 aliphatic carbocycles. The van der Waals surface area contributed by atoms with Crippen molar-refractivity contribution in [3.63, 3.8) is 0 Å². The third kappa shape index (κ3) is 9.86. The molecule has 0 spiro atoms. The van der Waals surface area contributed by atoms with E-state index in [1.165, 1.54) is 6.42 Å². The maximum atomic E-state index is 13.8. The number of carbonyl (C=O) groups excluding carboxylic acids is 4. The maximum Gasteiger partial charge on any atom is 0.270 e. The summed E-state index contributed by atoms with van der Waals surface area (Å²) in [4.78, 5) is 59.3. The summed E-state index contributed by atoms with van der Waals surface area (Å²) in [5, 5.41) is 21.4. The van der Waals surface area contributed by atoms with Crippen LogP contribution in [0.2, 0.25) is 0 Å². The highest BCUT2D eigenvalue weighted by Crippen LogP contribution is 2.39. The van der Waals surface area contributed by atoms with Crippen LogP contribution in [0.1, 0.15) is 75.3 Å². The van der Waals surface area contributed by atoms with Crippen molar-refractivity contribution in [2.45, 2.75) is 95.5 Å². The molecular formula is C38H50N6O5. The van der Waals surface area contributed by atoms with Gasteiger partial charge in [-0.25, -0.2) is 4.98 Å². The maximum absolute atomic E-state index is 13.8. The molecule has 1 unspecified atom stereocenters. The first-order valence-corrected chi connectivity index (χ1v) is 17.4. The highest BCUT2D eigenvalue weighted by Gasteiger charge is 2.42. The van der Waals surface area contributed by atoms with Gasteiger partial charge in [-0.3, -0.25) is 24.1 Å². The number of nitrogens with one attached hydrogen (secondary N) is 3. The highest BCUT2D eigenvalue weighted by molar-refractivity contribution is 5.99. The lowest BCUT2D eigenvalue weighted by atomic mass is 9.72. The Morgan fingerprint density at radius 1 is 0.939 bits per heavy atom. The quantitative estimate of drug-likeness (QED) is 0.198. The number of aliphatic hydroxyl groups is 1. The smallest absolute Gasteiger partial charge is 0.270 e. The lowest BCUT2D eigenvalue weighted by molar-refractivity contribution is -0.133. The lowest BCUT2D eigenvalue weighted by Crippen LogP contribution is -2.61. The predicted octanol–water partition coefficient (Wildman–Crippen LogP) is 3.09. The van der Waals surface area contributed by atoms with Gasteiger partial charge in [0.25, 0.3) is 5.91 Å². The van der Waals surface area contributed by atoms with Gasteiger partial charge in [0, 0.05) is 24.0 Å². The molecule has 0 radical (unpaired) electrons. The Hall–Kier alpha value is -4.35. The van der Waals surface area contributed by atoms with E-state index in [2.05, 4.69) is 25.8 Å². The van der Waals surface area contributed by atoms with E-state index in [9.17, 15) is 24.3 Å². The summed E-state index contributed by atoms with van der Waals surface area (Å²) in [5.74, 6) is -1.20. The van der Waals surface area contributed by atoms with Gasteiger partial charge in [-0.1, -0.05) is 73.9 Å². The van der Waals surface area contributed by atoms with Crippen molar-refractivity contribution in [3.8, 4) is 0 Å². The zero-order chi connectivity index (χ0) is 35.1. The minimum Gasteiger partial charge on any atom is -0.390 e. The van der Waals surface area contributed by atoms with Gasteiger partial charge in [0.1, 0.15) is 11.7 Å². The minimum absolute atomic E-state index is 0.0566. The number of benzene rings is 2. The molecule has 2 aliphatic rings. The first-order valence-electron chi connectivity index (χ1n) is 17.4. The number of fused-ring (bicyclic) bond motifs is 2. The molecule has 2 aromatic carbocycles. The summed E-state index contributed by atoms with van der Waals surface area (Å²) >= 11 is 0. The van der Waals surface area contributed by atoms with Crippen LogP contribution in [-0.2, 0) is 20.8 Å². The fraction of sp³-hybridized carbons (Fsp3) is 0.500. The summed E-state index contributed by atoms with van der Waals surface area (Å²) in [6.07, 6.45) is 4.03. The Bertz CT molecular complexity index is 1630. The fourth-order valence-corrected chi connectivity index (χ4v) is 7.26. The van der Waals surface area contributed by atoms with Gasteiger partial charge in [0.05, 0.1) is 30.1 Å². The van der Waals surface area contributed by atoms with Gasteiger partial charge < -0.3 is 26.8 Å². The van der Waals surface area contributed by atoms with Crippen LogP contribution in [0.15, 0.2) is 66.7 Å². The van der Waals surface area contributed by atoms with Crippen molar-refractivity contribution < 1.29 is 24.3 Å². The summed E-state index contributed by atoms with van der Waals surface area (Å²) < 4.78 is 0. The topological polar surface area (TPSA) is 167 Å². The number of para-hydroxylation sites is 1. The number of nitrogens with zero attached hydrogens (tertiary/aromatic N) is 2. The number of aliphatic hydroxyl groups excluding tert-OH is 1. The summed E-state index contributed by atoms with van der Waals surface area (Å²) in [6.45, 7) is 6.73. The number of hydrogen-bond acceptors (Lipinski definition) is 7. The second kappa shape index (κ2) is 15.9. The van der Waals surface area contributed by atoms with E-state index in [0.29, 0.717) is 23.9 Å². The molecule has 2 heterocycles. The van der Waals surface area contributed by atoms with Crippen molar-refractivity contribution in [2.24, 2.45) is 17.6 Å². The standard InChI is InChI=1S/C38H50N6O5/c1-38(2,3)43-37(49)32-20-26-14-7-8-15-27(26)22-44(32)23-33(45)30(19-24-11-5-4-6-12-24)41-36(48)31(21-34(39)46)42-35(47)29-18-17-25-13-9-10-16-28(25)40-29/h4-6,9-13,16-18,26-27,30-33,45H,7-8,14-15,19-23H2,1-3H3,(H2,39,46)(H,41,48)(H,42,47)(H,43,49)/t26-,27?,30-,31-,32-,33+/m0/s1. The monoisotopic (exact) mass is 670 g/mol. The molecule has 2 fully saturated rings. The van der Waals surface area contributed by atoms with E-state index in [-0.39, 0.29) is 24.6 Å². The number of nitrogens with two attached hydrogens (primary N) is 1. The number of primary amides is 1. The van der Waals surface area contributed by atoms with Gasteiger partial charge in [-0.05, 0) is 69.6 Å². The number of hydrogen-bond donors (Lipinski definition) is 5. The van der Waals surface area contributed by atoms with Gasteiger partial charge >= 0.3 is 0 Å². The molecule has 6 atom stereocenters. The Labute approximate surface area is 288 Å². The number of carbonyl (C=O) groups is 4. The van der Waals surface area contributed by atoms with Crippen LogP contribution in [0.3, 0.4) is 0 Å². The molecule has 49 heavy (non-hydrogen) atoms. The van der Waals surface area contributed by atoms with Gasteiger partial charge in [-0.2, -0.15) is 0 Å². The molecule has 262 valence electrons. The molecule has 1 aliphatic heterocycles. The molecular weight excluding hydrogens is 620 g/mol. The first kappa shape index (κ1) is 35.9. The average molecular weight is 671 g/mol. The first-order chi connectivity index (χ1) is 23.4. The van der Waals surface area contributed by atoms with Crippen LogP contribution in [0.25, 0.3) is 10.9 Å². The molecule has 1 saturated carbocycles. The third-order valence-electron chi connectivity index (χ3n) is 9.67. The van der Waals surface area contributed by atoms with Crippen molar-refractivity contribution in [3.05, 3.63) is 78.0 Å². The average Bonchev–Trinajstić information content (AvgIpc) is 3.06. The largest absolute Gasteiger partial charge is 0.390 e. The van der Waals surface area contributed by atoms with E-state index >= 15 is 0 Å². The molecule has 4 amide bonds. The van der Waals surface area contributed by atoms with E-state index in [1.807, 2.05) is 69.3 Å². The highest BCUT2D eigenvalue weighted by atomic mass is 16.3. The summed E-state index contributed by atoms with van der Waals surface area (Å²) in [5.41, 5.74) is 6.70. The van der Waals surface area contributed by atoms with Gasteiger partial charge in [0.15, 0.2) is 0 Å². The van der Waals surface area contributed by atoms with E-state index in [4.69, 9.17) is 5.73 Å². The van der Waals surface area contributed by atoms with Crippen LogP contribution in [0, 0.1) is 11.8 Å². The number of aromatic nitrogens is 1. The van der Waals surface area contributed by atoms with E-state index < -0.39 is 53.9 Å². The number of β-amino-alcohol motifs (C(OH)–C–C–N with tert-alkyl or cyclic N) is 1. The molecule has 11 nitrogen and oxygen atoms in total. The normalized spacial score (nSPS) is 21.5. The van der Waals surface area contributed by atoms with Gasteiger partial charge in [-0.15, -0.1) is 0 Å². The van der Waals surface area contributed by atoms with Gasteiger partial charge in [0.2, 0.25) is 17.7 Å². The fourth-order valence-electron chi connectivity index (χ4n) is 7.26. The van der Waals surface area contributed by atoms with E-state index in [1.54, 1.807) is 18.2 Å². The van der Waals surface area contributed by atoms with Crippen molar-refractivity contribution in [1.82, 2.24) is 25.8 Å². The van der Waals surface area contributed by atoms with Crippen LogP contribution in [-0.4, -0.2) is 81.5 Å². The zero-order valence-electron chi connectivity index (χ0n) is 28.7. The van der Waals surface area contributed by atoms with Crippen molar-refractivity contribution in [1.29, 1.82) is 0 Å². The molecule has 3 aromatic rings. The SMILES string of the molecule is CC(C)(C)NC(=O)[C@@H]1C[C@@H]2CCCCC2CN1C[C@@H](O)[C@H](Cc1ccccc1)NC(=O)[C@H](CC(N)=O)NC(=O)c1ccc2ccccc2n1. The second-order valence-electron chi connectivity index (χ2n) is 14.7. The number of amides is 4. The predicted molar refractivity (Wildman–Crippen MR) is 188 cm³/mol. The molecule has 6 N–H and O–H groups in total. The lowest BCUT2D eigenvalue weighted by Gasteiger charge is -2.47. The second-order valence-corrected chi connectivity index (χ2v) is 14.7. The summed E-state index contributed by atoms with van der Waals surface area (Å²) in [7, 11) is 0. The molecule has 1 saturated heterocycles. The number of piperidine rings is 1. The van der Waals surface area contributed by atoms with Crippen LogP contribution >= 0.6 is 0 Å². The number of likely N-dealkylation sites (tertiary alicyclic amines) is 1. The molecule has 0 bridgehead atoms. The molecule has 5 rings (SSSR count). The Kier molecular flexibility index (Phi) is 11.7. The number of pyridine rings is 1. The van der Waals surface area contributed by atoms with E-state index in [0.717, 1.165) is 36.6 Å². The van der Waals surface area contributed by atoms with Crippen molar-refractivity contribution in [2.75, 3.05) is 13.1 Å². The van der Waals surface area contributed by atoms with Crippen LogP contribution in [0.4, 0.5) is 0 Å². The Morgan fingerprint density at radius 3 is 2.35 bits per heavy atom.